The van der Waals surface area contributed by atoms with Crippen LogP contribution in [0.4, 0.5) is 5.69 Å². The Morgan fingerprint density at radius 1 is 1.19 bits per heavy atom. The number of hydrogen-bond acceptors (Lipinski definition) is 7. The zero-order valence-corrected chi connectivity index (χ0v) is 16.5. The number of hydrogen-bond donors (Lipinski definition) is 2. The number of thioether (sulfide) groups is 2. The van der Waals surface area contributed by atoms with Crippen LogP contribution in [-0.2, 0) is 4.79 Å². The molecule has 0 spiro atoms. The van der Waals surface area contributed by atoms with E-state index < -0.39 is 0 Å². The molecule has 0 atom stereocenters. The fourth-order valence-corrected chi connectivity index (χ4v) is 3.59. The molecule has 0 fully saturated rings. The Morgan fingerprint density at radius 2 is 1.93 bits per heavy atom. The van der Waals surface area contributed by atoms with Crippen LogP contribution >= 0.6 is 23.5 Å². The van der Waals surface area contributed by atoms with E-state index in [1.807, 2.05) is 54.8 Å². The predicted octanol–water partition coefficient (Wildman–Crippen LogP) is 3.12. The Balaban J connectivity index is 1.64. The summed E-state index contributed by atoms with van der Waals surface area (Å²) in [5, 5.41) is 11.6. The minimum absolute atomic E-state index is 0.129. The van der Waals surface area contributed by atoms with Gasteiger partial charge in [0.1, 0.15) is 5.75 Å². The molecule has 3 aromatic rings. The number of nitrogen functional groups attached to an aromatic ring is 1. The second kappa shape index (κ2) is 8.83. The minimum Gasteiger partial charge on any atom is -0.497 e. The number of carbonyl (C=O) groups excluding carboxylic acids is 1. The van der Waals surface area contributed by atoms with Crippen LogP contribution in [0.15, 0.2) is 58.6 Å². The molecular weight excluding hydrogens is 382 g/mol. The SMILES string of the molecule is COc1ccc(-c2nnc(SCC(=O)Nc3ccccc3SC)n2N)cc1. The smallest absolute Gasteiger partial charge is 0.234 e. The van der Waals surface area contributed by atoms with Crippen molar-refractivity contribution in [2.75, 3.05) is 30.3 Å². The number of amides is 1. The van der Waals surface area contributed by atoms with E-state index in [0.29, 0.717) is 11.0 Å². The Kier molecular flexibility index (Phi) is 6.25. The molecule has 27 heavy (non-hydrogen) atoms. The lowest BCUT2D eigenvalue weighted by Crippen LogP contribution is -2.16. The van der Waals surface area contributed by atoms with E-state index in [4.69, 9.17) is 10.6 Å². The number of nitrogens with one attached hydrogen (secondary N) is 1. The fourth-order valence-electron chi connectivity index (χ4n) is 2.38. The molecule has 0 aliphatic heterocycles. The molecule has 0 saturated heterocycles. The van der Waals surface area contributed by atoms with Gasteiger partial charge in [0.25, 0.3) is 0 Å². The van der Waals surface area contributed by atoms with E-state index >= 15 is 0 Å². The highest BCUT2D eigenvalue weighted by molar-refractivity contribution is 7.99. The molecule has 0 aliphatic carbocycles. The van der Waals surface area contributed by atoms with Gasteiger partial charge < -0.3 is 15.9 Å². The van der Waals surface area contributed by atoms with Gasteiger partial charge in [0.2, 0.25) is 11.1 Å². The van der Waals surface area contributed by atoms with Crippen molar-refractivity contribution in [3.63, 3.8) is 0 Å². The van der Waals surface area contributed by atoms with Gasteiger partial charge in [-0.2, -0.15) is 0 Å². The highest BCUT2D eigenvalue weighted by Crippen LogP contribution is 2.26. The van der Waals surface area contributed by atoms with E-state index in [-0.39, 0.29) is 11.7 Å². The molecule has 7 nitrogen and oxygen atoms in total. The fraction of sp³-hybridized carbons (Fsp3) is 0.167. The molecule has 2 aromatic carbocycles. The molecule has 0 radical (unpaired) electrons. The lowest BCUT2D eigenvalue weighted by atomic mass is 10.2. The first-order valence-electron chi connectivity index (χ1n) is 8.03. The summed E-state index contributed by atoms with van der Waals surface area (Å²) in [6.45, 7) is 0. The topological polar surface area (TPSA) is 95.1 Å². The second-order valence-corrected chi connectivity index (χ2v) is 7.23. The van der Waals surface area contributed by atoms with Crippen LogP contribution in [-0.4, -0.2) is 39.9 Å². The quantitative estimate of drug-likeness (QED) is 0.464. The van der Waals surface area contributed by atoms with Gasteiger partial charge in [-0.3, -0.25) is 4.79 Å². The number of nitrogens with zero attached hydrogens (tertiary/aromatic N) is 3. The Hall–Kier alpha value is -2.65. The van der Waals surface area contributed by atoms with E-state index in [0.717, 1.165) is 21.9 Å². The second-order valence-electron chi connectivity index (χ2n) is 5.44. The Bertz CT molecular complexity index is 928. The molecule has 0 aliphatic rings. The normalized spacial score (nSPS) is 10.6. The molecule has 0 saturated carbocycles. The van der Waals surface area contributed by atoms with Crippen LogP contribution in [0.5, 0.6) is 5.75 Å². The van der Waals surface area contributed by atoms with E-state index in [9.17, 15) is 4.79 Å². The summed E-state index contributed by atoms with van der Waals surface area (Å²) < 4.78 is 6.53. The van der Waals surface area contributed by atoms with E-state index in [1.54, 1.807) is 18.9 Å². The van der Waals surface area contributed by atoms with Crippen molar-refractivity contribution in [3.8, 4) is 17.1 Å². The summed E-state index contributed by atoms with van der Waals surface area (Å²) >= 11 is 2.81. The standard InChI is InChI=1S/C18H19N5O2S2/c1-25-13-9-7-12(8-10-13)17-21-22-18(23(17)19)27-11-16(24)20-14-5-3-4-6-15(14)26-2/h3-10H,11,19H2,1-2H3,(H,20,24). The summed E-state index contributed by atoms with van der Waals surface area (Å²) in [5.41, 5.74) is 1.61. The predicted molar refractivity (Wildman–Crippen MR) is 110 cm³/mol. The van der Waals surface area contributed by atoms with Crippen molar-refractivity contribution < 1.29 is 9.53 Å². The van der Waals surface area contributed by atoms with Gasteiger partial charge >= 0.3 is 0 Å². The van der Waals surface area contributed by atoms with Crippen molar-refractivity contribution in [2.24, 2.45) is 0 Å². The van der Waals surface area contributed by atoms with Crippen LogP contribution in [0.25, 0.3) is 11.4 Å². The monoisotopic (exact) mass is 401 g/mol. The third-order valence-corrected chi connectivity index (χ3v) is 5.47. The van der Waals surface area contributed by atoms with E-state index in [1.165, 1.54) is 16.4 Å². The van der Waals surface area contributed by atoms with Crippen molar-refractivity contribution in [2.45, 2.75) is 10.1 Å². The molecule has 1 heterocycles. The van der Waals surface area contributed by atoms with Gasteiger partial charge in [-0.1, -0.05) is 23.9 Å². The Morgan fingerprint density at radius 3 is 2.63 bits per heavy atom. The molecular formula is C18H19N5O2S2. The van der Waals surface area contributed by atoms with Gasteiger partial charge in [0, 0.05) is 10.5 Å². The number of methoxy groups -OCH3 is 1. The summed E-state index contributed by atoms with van der Waals surface area (Å²) in [4.78, 5) is 13.3. The van der Waals surface area contributed by atoms with Crippen molar-refractivity contribution in [1.29, 1.82) is 0 Å². The zero-order chi connectivity index (χ0) is 19.2. The Labute approximate surface area is 165 Å². The molecule has 1 aromatic heterocycles. The summed E-state index contributed by atoms with van der Waals surface area (Å²) in [6, 6.07) is 15.0. The van der Waals surface area contributed by atoms with Crippen LogP contribution in [0.1, 0.15) is 0 Å². The number of rotatable bonds is 7. The summed E-state index contributed by atoms with van der Waals surface area (Å²) in [6.07, 6.45) is 1.97. The summed E-state index contributed by atoms with van der Waals surface area (Å²) in [5.74, 6) is 7.42. The third-order valence-electron chi connectivity index (χ3n) is 3.73. The first kappa shape index (κ1) is 19.1. The van der Waals surface area contributed by atoms with Gasteiger partial charge in [-0.15, -0.1) is 22.0 Å². The highest BCUT2D eigenvalue weighted by Gasteiger charge is 2.14. The molecule has 1 amide bonds. The van der Waals surface area contributed by atoms with Crippen LogP contribution in [0.3, 0.4) is 0 Å². The third kappa shape index (κ3) is 4.55. The van der Waals surface area contributed by atoms with E-state index in [2.05, 4.69) is 15.5 Å². The van der Waals surface area contributed by atoms with Gasteiger partial charge in [-0.25, -0.2) is 4.68 Å². The van der Waals surface area contributed by atoms with Crippen molar-refractivity contribution in [1.82, 2.24) is 14.9 Å². The maximum absolute atomic E-state index is 12.3. The number of aromatic nitrogens is 3. The van der Waals surface area contributed by atoms with Crippen molar-refractivity contribution in [3.05, 3.63) is 48.5 Å². The first-order valence-corrected chi connectivity index (χ1v) is 10.2. The molecule has 0 unspecified atom stereocenters. The average molecular weight is 402 g/mol. The van der Waals surface area contributed by atoms with Gasteiger partial charge in [-0.05, 0) is 42.7 Å². The van der Waals surface area contributed by atoms with Gasteiger partial charge in [0.15, 0.2) is 5.82 Å². The zero-order valence-electron chi connectivity index (χ0n) is 14.9. The average Bonchev–Trinajstić information content (AvgIpc) is 3.07. The molecule has 140 valence electrons. The van der Waals surface area contributed by atoms with Crippen LogP contribution in [0, 0.1) is 0 Å². The first-order chi connectivity index (χ1) is 13.1. The summed E-state index contributed by atoms with van der Waals surface area (Å²) in [7, 11) is 1.61. The molecule has 0 bridgehead atoms. The lowest BCUT2D eigenvalue weighted by Gasteiger charge is -2.09. The minimum atomic E-state index is -0.129. The lowest BCUT2D eigenvalue weighted by molar-refractivity contribution is -0.113. The molecule has 9 heteroatoms. The maximum atomic E-state index is 12.3. The van der Waals surface area contributed by atoms with Crippen LogP contribution in [0.2, 0.25) is 0 Å². The highest BCUT2D eigenvalue weighted by atomic mass is 32.2. The molecule has 3 rings (SSSR count). The van der Waals surface area contributed by atoms with Gasteiger partial charge in [0.05, 0.1) is 18.6 Å². The number of benzene rings is 2. The number of nitrogens with two attached hydrogens (primary N) is 1. The number of ether oxygens (including phenoxy) is 1. The van der Waals surface area contributed by atoms with Crippen LogP contribution < -0.4 is 15.9 Å². The largest absolute Gasteiger partial charge is 0.497 e. The number of anilines is 1. The maximum Gasteiger partial charge on any atom is 0.234 e. The number of para-hydroxylation sites is 1. The molecule has 3 N–H and O–H groups in total. The van der Waals surface area contributed by atoms with Crippen molar-refractivity contribution >= 4 is 35.1 Å². The number of carbonyl (C=O) groups is 1.